The van der Waals surface area contributed by atoms with E-state index < -0.39 is 0 Å². The second-order valence-electron chi connectivity index (χ2n) is 3.12. The largest absolute Gasteiger partial charge is 0.396 e. The Labute approximate surface area is 67.3 Å². The first-order chi connectivity index (χ1) is 5.27. The van der Waals surface area contributed by atoms with Crippen LogP contribution < -0.4 is 0 Å². The summed E-state index contributed by atoms with van der Waals surface area (Å²) in [5.74, 6) is 0.268. The molecular formula is C8H16O3. The van der Waals surface area contributed by atoms with Gasteiger partial charge in [-0.15, -0.1) is 0 Å². The Morgan fingerprint density at radius 3 is 2.91 bits per heavy atom. The summed E-state index contributed by atoms with van der Waals surface area (Å²) in [5, 5.41) is 8.95. The molecule has 0 amide bonds. The quantitative estimate of drug-likeness (QED) is 0.650. The molecule has 3 heteroatoms. The third kappa shape index (κ3) is 2.15. The van der Waals surface area contributed by atoms with Crippen LogP contribution in [-0.2, 0) is 9.47 Å². The van der Waals surface area contributed by atoms with Crippen molar-refractivity contribution in [2.45, 2.75) is 25.6 Å². The molecule has 3 atom stereocenters. The van der Waals surface area contributed by atoms with Crippen molar-refractivity contribution in [3.8, 4) is 0 Å². The summed E-state index contributed by atoms with van der Waals surface area (Å²) in [6.07, 6.45) is 1.32. The zero-order chi connectivity index (χ0) is 8.27. The SMILES string of the molecule is COC[C@@H]1O[C@@H](C)C[C@H]1CO. The van der Waals surface area contributed by atoms with Gasteiger partial charge in [0.15, 0.2) is 0 Å². The van der Waals surface area contributed by atoms with Crippen molar-refractivity contribution >= 4 is 0 Å². The van der Waals surface area contributed by atoms with E-state index in [1.54, 1.807) is 7.11 Å². The van der Waals surface area contributed by atoms with Gasteiger partial charge in [-0.1, -0.05) is 0 Å². The van der Waals surface area contributed by atoms with Gasteiger partial charge in [0.2, 0.25) is 0 Å². The summed E-state index contributed by atoms with van der Waals surface area (Å²) in [6, 6.07) is 0. The molecule has 0 spiro atoms. The van der Waals surface area contributed by atoms with Crippen LogP contribution in [0.4, 0.5) is 0 Å². The Bertz CT molecular complexity index is 116. The molecule has 0 radical (unpaired) electrons. The Morgan fingerprint density at radius 1 is 1.64 bits per heavy atom. The molecule has 0 aromatic rings. The first-order valence-electron chi connectivity index (χ1n) is 4.03. The topological polar surface area (TPSA) is 38.7 Å². The number of aliphatic hydroxyl groups excluding tert-OH is 1. The summed E-state index contributed by atoms with van der Waals surface area (Å²) >= 11 is 0. The van der Waals surface area contributed by atoms with E-state index in [1.165, 1.54) is 0 Å². The second kappa shape index (κ2) is 4.04. The molecule has 0 unspecified atom stereocenters. The minimum Gasteiger partial charge on any atom is -0.396 e. The number of rotatable bonds is 3. The Hall–Kier alpha value is -0.120. The lowest BCUT2D eigenvalue weighted by atomic mass is 10.0. The minimum atomic E-state index is 0.0972. The van der Waals surface area contributed by atoms with Crippen LogP contribution in [0.5, 0.6) is 0 Å². The number of hydrogen-bond acceptors (Lipinski definition) is 3. The van der Waals surface area contributed by atoms with Crippen LogP contribution >= 0.6 is 0 Å². The van der Waals surface area contributed by atoms with Crippen LogP contribution in [-0.4, -0.2) is 37.6 Å². The summed E-state index contributed by atoms with van der Waals surface area (Å²) < 4.78 is 10.5. The van der Waals surface area contributed by atoms with Crippen molar-refractivity contribution in [2.24, 2.45) is 5.92 Å². The molecular weight excluding hydrogens is 144 g/mol. The molecule has 1 N–H and O–H groups in total. The Morgan fingerprint density at radius 2 is 2.36 bits per heavy atom. The zero-order valence-corrected chi connectivity index (χ0v) is 7.12. The van der Waals surface area contributed by atoms with E-state index in [1.807, 2.05) is 6.92 Å². The van der Waals surface area contributed by atoms with E-state index in [0.717, 1.165) is 6.42 Å². The molecule has 0 bridgehead atoms. The lowest BCUT2D eigenvalue weighted by Gasteiger charge is -2.14. The van der Waals surface area contributed by atoms with E-state index in [0.29, 0.717) is 6.61 Å². The molecule has 1 saturated heterocycles. The van der Waals surface area contributed by atoms with Crippen molar-refractivity contribution in [1.29, 1.82) is 0 Å². The van der Waals surface area contributed by atoms with Crippen molar-refractivity contribution in [1.82, 2.24) is 0 Å². The third-order valence-corrected chi connectivity index (χ3v) is 2.13. The highest BCUT2D eigenvalue weighted by Gasteiger charge is 2.31. The third-order valence-electron chi connectivity index (χ3n) is 2.13. The number of hydrogen-bond donors (Lipinski definition) is 1. The second-order valence-corrected chi connectivity index (χ2v) is 3.12. The maximum Gasteiger partial charge on any atom is 0.0862 e. The smallest absolute Gasteiger partial charge is 0.0862 e. The average molecular weight is 160 g/mol. The highest BCUT2D eigenvalue weighted by molar-refractivity contribution is 4.79. The molecule has 66 valence electrons. The van der Waals surface area contributed by atoms with Crippen LogP contribution in [0.25, 0.3) is 0 Å². The number of ether oxygens (including phenoxy) is 2. The molecule has 0 saturated carbocycles. The molecule has 1 fully saturated rings. The van der Waals surface area contributed by atoms with Gasteiger partial charge in [0.1, 0.15) is 0 Å². The molecule has 1 aliphatic heterocycles. The monoisotopic (exact) mass is 160 g/mol. The predicted octanol–water partition coefficient (Wildman–Crippen LogP) is 0.419. The summed E-state index contributed by atoms with van der Waals surface area (Å²) in [5.41, 5.74) is 0. The van der Waals surface area contributed by atoms with Gasteiger partial charge in [0.25, 0.3) is 0 Å². The van der Waals surface area contributed by atoms with Gasteiger partial charge in [-0.3, -0.25) is 0 Å². The number of aliphatic hydroxyl groups is 1. The van der Waals surface area contributed by atoms with Crippen LogP contribution in [0.3, 0.4) is 0 Å². The fourth-order valence-electron chi connectivity index (χ4n) is 1.57. The van der Waals surface area contributed by atoms with Crippen molar-refractivity contribution in [2.75, 3.05) is 20.3 Å². The average Bonchev–Trinajstić information content (AvgIpc) is 2.32. The first-order valence-corrected chi connectivity index (χ1v) is 4.03. The predicted molar refractivity (Wildman–Crippen MR) is 41.4 cm³/mol. The minimum absolute atomic E-state index is 0.0972. The van der Waals surface area contributed by atoms with E-state index in [9.17, 15) is 0 Å². The lowest BCUT2D eigenvalue weighted by molar-refractivity contribution is -0.0142. The van der Waals surface area contributed by atoms with Crippen molar-refractivity contribution < 1.29 is 14.6 Å². The molecule has 11 heavy (non-hydrogen) atoms. The van der Waals surface area contributed by atoms with E-state index >= 15 is 0 Å². The molecule has 0 aliphatic carbocycles. The van der Waals surface area contributed by atoms with E-state index in [2.05, 4.69) is 0 Å². The molecule has 1 rings (SSSR count). The molecule has 3 nitrogen and oxygen atoms in total. The maximum absolute atomic E-state index is 8.95. The Kier molecular flexibility index (Phi) is 3.30. The maximum atomic E-state index is 8.95. The van der Waals surface area contributed by atoms with Gasteiger partial charge in [0.05, 0.1) is 18.8 Å². The molecule has 1 heterocycles. The van der Waals surface area contributed by atoms with Crippen LogP contribution in [0.2, 0.25) is 0 Å². The van der Waals surface area contributed by atoms with Crippen molar-refractivity contribution in [3.63, 3.8) is 0 Å². The summed E-state index contributed by atoms with van der Waals surface area (Å²) in [6.45, 7) is 2.83. The molecule has 0 aromatic carbocycles. The van der Waals surface area contributed by atoms with Crippen molar-refractivity contribution in [3.05, 3.63) is 0 Å². The summed E-state index contributed by atoms with van der Waals surface area (Å²) in [7, 11) is 1.65. The standard InChI is InChI=1S/C8H16O3/c1-6-3-7(4-9)8(11-6)5-10-2/h6-9H,3-5H2,1-2H3/t6-,7-,8-/m0/s1. The molecule has 0 aromatic heterocycles. The highest BCUT2D eigenvalue weighted by Crippen LogP contribution is 2.25. The van der Waals surface area contributed by atoms with Gasteiger partial charge >= 0.3 is 0 Å². The fraction of sp³-hybridized carbons (Fsp3) is 1.00. The van der Waals surface area contributed by atoms with Gasteiger partial charge in [-0.2, -0.15) is 0 Å². The van der Waals surface area contributed by atoms with Gasteiger partial charge in [0, 0.05) is 19.6 Å². The summed E-state index contributed by atoms with van der Waals surface area (Å²) in [4.78, 5) is 0. The first kappa shape index (κ1) is 8.97. The zero-order valence-electron chi connectivity index (χ0n) is 7.12. The normalized spacial score (nSPS) is 37.9. The van der Waals surface area contributed by atoms with Gasteiger partial charge in [-0.25, -0.2) is 0 Å². The van der Waals surface area contributed by atoms with Crippen LogP contribution in [0, 0.1) is 5.92 Å². The molecule has 1 aliphatic rings. The van der Waals surface area contributed by atoms with Crippen LogP contribution in [0.15, 0.2) is 0 Å². The van der Waals surface area contributed by atoms with Gasteiger partial charge < -0.3 is 14.6 Å². The lowest BCUT2D eigenvalue weighted by Crippen LogP contribution is -2.24. The Balaban J connectivity index is 2.37. The van der Waals surface area contributed by atoms with Crippen LogP contribution in [0.1, 0.15) is 13.3 Å². The van der Waals surface area contributed by atoms with Gasteiger partial charge in [-0.05, 0) is 13.3 Å². The number of methoxy groups -OCH3 is 1. The van der Waals surface area contributed by atoms with E-state index in [4.69, 9.17) is 14.6 Å². The highest BCUT2D eigenvalue weighted by atomic mass is 16.5. The van der Waals surface area contributed by atoms with E-state index in [-0.39, 0.29) is 24.7 Å². The fourth-order valence-corrected chi connectivity index (χ4v) is 1.57.